The summed E-state index contributed by atoms with van der Waals surface area (Å²) < 4.78 is 32.4. The molecule has 2 aromatic rings. The van der Waals surface area contributed by atoms with Crippen molar-refractivity contribution >= 4 is 21.6 Å². The molecule has 2 saturated heterocycles. The SMILES string of the molecule is COc1ccc(S(=O)(=O)N2CCC(C(=O)NCc3ccccc3N3CCCC3)CC2)cc1. The number of carbonyl (C=O) groups is 1. The third kappa shape index (κ3) is 4.91. The predicted molar refractivity (Wildman–Crippen MR) is 124 cm³/mol. The van der Waals surface area contributed by atoms with Crippen molar-refractivity contribution in [3.63, 3.8) is 0 Å². The lowest BCUT2D eigenvalue weighted by molar-refractivity contribution is -0.126. The molecule has 0 aromatic heterocycles. The van der Waals surface area contributed by atoms with E-state index in [1.165, 1.54) is 22.8 Å². The Hall–Kier alpha value is -2.58. The van der Waals surface area contributed by atoms with E-state index in [2.05, 4.69) is 22.3 Å². The van der Waals surface area contributed by atoms with Gasteiger partial charge in [-0.3, -0.25) is 4.79 Å². The first-order valence-electron chi connectivity index (χ1n) is 11.2. The Morgan fingerprint density at radius 1 is 1.00 bits per heavy atom. The molecule has 1 amide bonds. The molecular formula is C24H31N3O4S. The van der Waals surface area contributed by atoms with E-state index in [0.29, 0.717) is 38.2 Å². The van der Waals surface area contributed by atoms with Crippen LogP contribution in [0.1, 0.15) is 31.2 Å². The number of rotatable bonds is 7. The summed E-state index contributed by atoms with van der Waals surface area (Å²) in [6.45, 7) is 3.31. The Morgan fingerprint density at radius 2 is 1.66 bits per heavy atom. The fraction of sp³-hybridized carbons (Fsp3) is 0.458. The Labute approximate surface area is 190 Å². The summed E-state index contributed by atoms with van der Waals surface area (Å²) in [5.74, 6) is 0.449. The molecule has 2 aliphatic heterocycles. The van der Waals surface area contributed by atoms with Crippen LogP contribution < -0.4 is 15.0 Å². The molecule has 32 heavy (non-hydrogen) atoms. The largest absolute Gasteiger partial charge is 0.497 e. The minimum absolute atomic E-state index is 0.00252. The number of hydrogen-bond donors (Lipinski definition) is 1. The lowest BCUT2D eigenvalue weighted by atomic mass is 9.97. The molecule has 0 radical (unpaired) electrons. The molecule has 0 saturated carbocycles. The second-order valence-electron chi connectivity index (χ2n) is 8.39. The smallest absolute Gasteiger partial charge is 0.243 e. The number of methoxy groups -OCH3 is 1. The van der Waals surface area contributed by atoms with E-state index in [1.807, 2.05) is 12.1 Å². The molecule has 0 aliphatic carbocycles. The normalized spacial score (nSPS) is 18.0. The van der Waals surface area contributed by atoms with Crippen LogP contribution in [0.15, 0.2) is 53.4 Å². The maximum Gasteiger partial charge on any atom is 0.243 e. The summed E-state index contributed by atoms with van der Waals surface area (Å²) in [6.07, 6.45) is 3.46. The van der Waals surface area contributed by atoms with Crippen LogP contribution in [0.5, 0.6) is 5.75 Å². The third-order valence-electron chi connectivity index (χ3n) is 6.41. The van der Waals surface area contributed by atoms with E-state index >= 15 is 0 Å². The number of carbonyl (C=O) groups excluding carboxylic acids is 1. The minimum atomic E-state index is -3.57. The van der Waals surface area contributed by atoms with E-state index < -0.39 is 10.0 Å². The minimum Gasteiger partial charge on any atom is -0.497 e. The maximum atomic E-state index is 12.9. The highest BCUT2D eigenvalue weighted by molar-refractivity contribution is 7.89. The Kier molecular flexibility index (Phi) is 7.01. The van der Waals surface area contributed by atoms with E-state index in [9.17, 15) is 13.2 Å². The van der Waals surface area contributed by atoms with Gasteiger partial charge in [-0.25, -0.2) is 8.42 Å². The summed E-state index contributed by atoms with van der Waals surface area (Å²) in [5, 5.41) is 3.08. The van der Waals surface area contributed by atoms with Crippen LogP contribution in [0.4, 0.5) is 5.69 Å². The standard InChI is InChI=1S/C24H31N3O4S/c1-31-21-8-10-22(11-9-21)32(29,30)27-16-12-19(13-17-27)24(28)25-18-20-6-2-3-7-23(20)26-14-4-5-15-26/h2-3,6-11,19H,4-5,12-18H2,1H3,(H,25,28). The summed E-state index contributed by atoms with van der Waals surface area (Å²) in [6, 6.07) is 14.6. The van der Waals surface area contributed by atoms with Crippen molar-refractivity contribution in [2.24, 2.45) is 5.92 Å². The van der Waals surface area contributed by atoms with Gasteiger partial charge in [-0.1, -0.05) is 18.2 Å². The van der Waals surface area contributed by atoms with Gasteiger partial charge in [-0.2, -0.15) is 4.31 Å². The van der Waals surface area contributed by atoms with Gasteiger partial charge in [0.05, 0.1) is 12.0 Å². The van der Waals surface area contributed by atoms with Crippen molar-refractivity contribution in [2.45, 2.75) is 37.1 Å². The zero-order valence-electron chi connectivity index (χ0n) is 18.5. The maximum absolute atomic E-state index is 12.9. The number of piperidine rings is 1. The van der Waals surface area contributed by atoms with Gasteiger partial charge >= 0.3 is 0 Å². The van der Waals surface area contributed by atoms with E-state index in [-0.39, 0.29) is 16.7 Å². The van der Waals surface area contributed by atoms with Gasteiger partial charge in [0, 0.05) is 44.3 Å². The van der Waals surface area contributed by atoms with Crippen molar-refractivity contribution in [2.75, 3.05) is 38.2 Å². The van der Waals surface area contributed by atoms with Gasteiger partial charge in [-0.15, -0.1) is 0 Å². The van der Waals surface area contributed by atoms with Crippen LogP contribution in [-0.4, -0.2) is 51.9 Å². The Bertz CT molecular complexity index is 1030. The van der Waals surface area contributed by atoms with Crippen molar-refractivity contribution < 1.29 is 17.9 Å². The molecule has 2 fully saturated rings. The number of nitrogens with one attached hydrogen (secondary N) is 1. The first-order chi connectivity index (χ1) is 15.5. The molecule has 172 valence electrons. The fourth-order valence-corrected chi connectivity index (χ4v) is 5.98. The zero-order valence-corrected chi connectivity index (χ0v) is 19.3. The molecule has 0 atom stereocenters. The molecule has 1 N–H and O–H groups in total. The summed E-state index contributed by atoms with van der Waals surface area (Å²) in [4.78, 5) is 15.4. The van der Waals surface area contributed by atoms with Crippen LogP contribution >= 0.6 is 0 Å². The number of hydrogen-bond acceptors (Lipinski definition) is 5. The average molecular weight is 458 g/mol. The number of anilines is 1. The number of sulfonamides is 1. The number of amides is 1. The van der Waals surface area contributed by atoms with Crippen LogP contribution in [-0.2, 0) is 21.4 Å². The lowest BCUT2D eigenvalue weighted by Gasteiger charge is -2.30. The van der Waals surface area contributed by atoms with Crippen LogP contribution in [0.3, 0.4) is 0 Å². The molecule has 4 rings (SSSR count). The lowest BCUT2D eigenvalue weighted by Crippen LogP contribution is -2.42. The molecule has 0 spiro atoms. The van der Waals surface area contributed by atoms with Crippen molar-refractivity contribution in [1.82, 2.24) is 9.62 Å². The van der Waals surface area contributed by atoms with Crippen LogP contribution in [0, 0.1) is 5.92 Å². The van der Waals surface area contributed by atoms with E-state index in [4.69, 9.17) is 4.74 Å². The van der Waals surface area contributed by atoms with Crippen LogP contribution in [0.25, 0.3) is 0 Å². The molecule has 7 nitrogen and oxygen atoms in total. The summed E-state index contributed by atoms with van der Waals surface area (Å²) in [7, 11) is -2.02. The fourth-order valence-electron chi connectivity index (χ4n) is 4.51. The first-order valence-corrected chi connectivity index (χ1v) is 12.7. The van der Waals surface area contributed by atoms with E-state index in [0.717, 1.165) is 18.7 Å². The van der Waals surface area contributed by atoms with Crippen LogP contribution in [0.2, 0.25) is 0 Å². The topological polar surface area (TPSA) is 79.0 Å². The highest BCUT2D eigenvalue weighted by atomic mass is 32.2. The van der Waals surface area contributed by atoms with Gasteiger partial charge in [0.1, 0.15) is 5.75 Å². The van der Waals surface area contributed by atoms with Gasteiger partial charge < -0.3 is 15.0 Å². The van der Waals surface area contributed by atoms with Gasteiger partial charge in [0.15, 0.2) is 0 Å². The summed E-state index contributed by atoms with van der Waals surface area (Å²) in [5.41, 5.74) is 2.33. The highest BCUT2D eigenvalue weighted by Gasteiger charge is 2.32. The van der Waals surface area contributed by atoms with Gasteiger partial charge in [-0.05, 0) is 61.6 Å². The molecule has 2 aliphatic rings. The van der Waals surface area contributed by atoms with Crippen molar-refractivity contribution in [1.29, 1.82) is 0 Å². The number of nitrogens with zero attached hydrogens (tertiary/aromatic N) is 2. The number of ether oxygens (including phenoxy) is 1. The second-order valence-corrected chi connectivity index (χ2v) is 10.3. The molecular weight excluding hydrogens is 426 g/mol. The molecule has 8 heteroatoms. The highest BCUT2D eigenvalue weighted by Crippen LogP contribution is 2.27. The first kappa shape index (κ1) is 22.6. The molecule has 0 unspecified atom stereocenters. The number of benzene rings is 2. The van der Waals surface area contributed by atoms with Crippen molar-refractivity contribution in [3.05, 3.63) is 54.1 Å². The molecule has 2 aromatic carbocycles. The Morgan fingerprint density at radius 3 is 2.31 bits per heavy atom. The zero-order chi connectivity index (χ0) is 22.6. The molecule has 0 bridgehead atoms. The van der Waals surface area contributed by atoms with Gasteiger partial charge in [0.2, 0.25) is 15.9 Å². The predicted octanol–water partition coefficient (Wildman–Crippen LogP) is 3.01. The second kappa shape index (κ2) is 9.92. The van der Waals surface area contributed by atoms with Gasteiger partial charge in [0.25, 0.3) is 0 Å². The average Bonchev–Trinajstić information content (AvgIpc) is 3.38. The Balaban J connectivity index is 1.32. The van der Waals surface area contributed by atoms with Crippen molar-refractivity contribution in [3.8, 4) is 5.75 Å². The molecule has 2 heterocycles. The number of para-hydroxylation sites is 1. The monoisotopic (exact) mass is 457 g/mol. The third-order valence-corrected chi connectivity index (χ3v) is 8.33. The summed E-state index contributed by atoms with van der Waals surface area (Å²) >= 11 is 0. The quantitative estimate of drug-likeness (QED) is 0.692. The van der Waals surface area contributed by atoms with E-state index in [1.54, 1.807) is 31.4 Å².